The van der Waals surface area contributed by atoms with Crippen molar-refractivity contribution < 1.29 is 24.0 Å². The minimum Gasteiger partial charge on any atom is -0.446 e. The predicted octanol–water partition coefficient (Wildman–Crippen LogP) is 2.87. The van der Waals surface area contributed by atoms with Crippen LogP contribution in [-0.4, -0.2) is 40.8 Å². The third-order valence-corrected chi connectivity index (χ3v) is 5.16. The Bertz CT molecular complexity index is 973. The number of esters is 1. The van der Waals surface area contributed by atoms with Gasteiger partial charge in [-0.3, -0.25) is 19.7 Å². The molecular formula is C20H20ClN3O6S. The highest BCUT2D eigenvalue weighted by Crippen LogP contribution is 2.23. The second-order valence-electron chi connectivity index (χ2n) is 6.36. The van der Waals surface area contributed by atoms with E-state index in [4.69, 9.17) is 22.1 Å². The third kappa shape index (κ3) is 6.69. The summed E-state index contributed by atoms with van der Waals surface area (Å²) in [5.41, 5.74) is 5.48. The van der Waals surface area contributed by atoms with E-state index in [0.29, 0.717) is 11.3 Å². The van der Waals surface area contributed by atoms with Crippen molar-refractivity contribution in [2.24, 2.45) is 5.73 Å². The smallest absolute Gasteiger partial charge is 0.329 e. The van der Waals surface area contributed by atoms with Gasteiger partial charge in [-0.25, -0.2) is 4.79 Å². The van der Waals surface area contributed by atoms with Crippen molar-refractivity contribution in [3.05, 3.63) is 74.8 Å². The van der Waals surface area contributed by atoms with Crippen molar-refractivity contribution in [3.8, 4) is 0 Å². The molecule has 0 saturated carbocycles. The summed E-state index contributed by atoms with van der Waals surface area (Å²) in [5, 5.41) is 13.2. The van der Waals surface area contributed by atoms with Crippen LogP contribution >= 0.6 is 23.4 Å². The van der Waals surface area contributed by atoms with E-state index in [0.717, 1.165) is 12.1 Å². The molecule has 31 heavy (non-hydrogen) atoms. The van der Waals surface area contributed by atoms with Crippen LogP contribution in [-0.2, 0) is 14.3 Å². The Kier molecular flexibility index (Phi) is 8.83. The molecule has 0 aliphatic heterocycles. The number of nitrogens with one attached hydrogen (secondary N) is 1. The monoisotopic (exact) mass is 465 g/mol. The van der Waals surface area contributed by atoms with E-state index in [9.17, 15) is 24.5 Å². The molecule has 9 nitrogen and oxygen atoms in total. The lowest BCUT2D eigenvalue weighted by Crippen LogP contribution is -2.43. The van der Waals surface area contributed by atoms with Gasteiger partial charge in [0.05, 0.1) is 15.5 Å². The fraction of sp³-hybridized carbons (Fsp3) is 0.250. The molecular weight excluding hydrogens is 446 g/mol. The van der Waals surface area contributed by atoms with Gasteiger partial charge in [-0.05, 0) is 24.5 Å². The van der Waals surface area contributed by atoms with Crippen LogP contribution in [0.3, 0.4) is 0 Å². The second kappa shape index (κ2) is 11.3. The average Bonchev–Trinajstić information content (AvgIpc) is 2.74. The second-order valence-corrected chi connectivity index (χ2v) is 7.75. The molecule has 2 aromatic carbocycles. The number of rotatable bonds is 10. The number of amides is 2. The quantitative estimate of drug-likeness (QED) is 0.312. The first-order chi connectivity index (χ1) is 14.7. The summed E-state index contributed by atoms with van der Waals surface area (Å²) in [7, 11) is 0. The van der Waals surface area contributed by atoms with Gasteiger partial charge in [-0.2, -0.15) is 11.8 Å². The predicted molar refractivity (Wildman–Crippen MR) is 117 cm³/mol. The number of hydrogen-bond donors (Lipinski definition) is 2. The Labute approximate surface area is 187 Å². The molecule has 0 saturated heterocycles. The van der Waals surface area contributed by atoms with Crippen molar-refractivity contribution in [1.82, 2.24) is 5.32 Å². The highest BCUT2D eigenvalue weighted by molar-refractivity contribution is 7.98. The minimum absolute atomic E-state index is 0.0382. The first kappa shape index (κ1) is 24.2. The molecule has 2 unspecified atom stereocenters. The molecule has 0 bridgehead atoms. The van der Waals surface area contributed by atoms with Crippen molar-refractivity contribution in [3.63, 3.8) is 0 Å². The zero-order valence-electron chi connectivity index (χ0n) is 16.4. The summed E-state index contributed by atoms with van der Waals surface area (Å²) in [5.74, 6) is -1.89. The van der Waals surface area contributed by atoms with E-state index in [1.54, 1.807) is 30.3 Å². The molecule has 0 radical (unpaired) electrons. The van der Waals surface area contributed by atoms with Gasteiger partial charge in [0.1, 0.15) is 6.04 Å². The van der Waals surface area contributed by atoms with Gasteiger partial charge in [0.15, 0.2) is 0 Å². The van der Waals surface area contributed by atoms with Gasteiger partial charge in [0.2, 0.25) is 6.10 Å². The molecule has 11 heteroatoms. The minimum atomic E-state index is -1.31. The van der Waals surface area contributed by atoms with Crippen LogP contribution in [0.4, 0.5) is 5.69 Å². The van der Waals surface area contributed by atoms with Crippen LogP contribution in [0.25, 0.3) is 0 Å². The van der Waals surface area contributed by atoms with Crippen molar-refractivity contribution >= 4 is 46.8 Å². The summed E-state index contributed by atoms with van der Waals surface area (Å²) in [6.45, 7) is 0. The van der Waals surface area contributed by atoms with E-state index in [1.807, 2.05) is 6.26 Å². The number of carbonyl (C=O) groups is 3. The third-order valence-electron chi connectivity index (χ3n) is 4.20. The number of hydrogen-bond acceptors (Lipinski definition) is 7. The molecule has 0 aliphatic carbocycles. The Morgan fingerprint density at radius 2 is 1.90 bits per heavy atom. The summed E-state index contributed by atoms with van der Waals surface area (Å²) < 4.78 is 5.32. The summed E-state index contributed by atoms with van der Waals surface area (Å²) in [6, 6.07) is 10.5. The average molecular weight is 466 g/mol. The van der Waals surface area contributed by atoms with Crippen LogP contribution in [0.2, 0.25) is 5.02 Å². The fourth-order valence-electron chi connectivity index (χ4n) is 2.64. The molecule has 2 atom stereocenters. The lowest BCUT2D eigenvalue weighted by Gasteiger charge is -2.21. The SMILES string of the molecule is CSCCC(NC(=O)c1ccc([N+](=O)[O-])cc1Cl)C(=O)OC(C(N)=O)c1ccccc1. The molecule has 0 aromatic heterocycles. The van der Waals surface area contributed by atoms with Crippen molar-refractivity contribution in [2.45, 2.75) is 18.6 Å². The number of halogens is 1. The van der Waals surface area contributed by atoms with E-state index in [1.165, 1.54) is 17.8 Å². The number of primary amides is 1. The molecule has 0 aliphatic rings. The lowest BCUT2D eigenvalue weighted by molar-refractivity contribution is -0.384. The maximum absolute atomic E-state index is 12.8. The van der Waals surface area contributed by atoms with Crippen LogP contribution < -0.4 is 11.1 Å². The number of ether oxygens (including phenoxy) is 1. The fourth-order valence-corrected chi connectivity index (χ4v) is 3.37. The maximum atomic E-state index is 12.8. The van der Waals surface area contributed by atoms with Crippen LogP contribution in [0, 0.1) is 10.1 Å². The van der Waals surface area contributed by atoms with E-state index < -0.39 is 34.9 Å². The first-order valence-electron chi connectivity index (χ1n) is 9.03. The Hall–Kier alpha value is -3.11. The highest BCUT2D eigenvalue weighted by Gasteiger charge is 2.29. The first-order valence-corrected chi connectivity index (χ1v) is 10.8. The molecule has 2 aromatic rings. The van der Waals surface area contributed by atoms with Gasteiger partial charge in [-0.15, -0.1) is 0 Å². The molecule has 3 N–H and O–H groups in total. The van der Waals surface area contributed by atoms with Gasteiger partial charge >= 0.3 is 5.97 Å². The van der Waals surface area contributed by atoms with Crippen molar-refractivity contribution in [2.75, 3.05) is 12.0 Å². The van der Waals surface area contributed by atoms with Gasteiger partial charge in [0, 0.05) is 17.7 Å². The summed E-state index contributed by atoms with van der Waals surface area (Å²) >= 11 is 7.44. The number of nitrogens with zero attached hydrogens (tertiary/aromatic N) is 1. The van der Waals surface area contributed by atoms with Crippen LogP contribution in [0.15, 0.2) is 48.5 Å². The van der Waals surface area contributed by atoms with E-state index >= 15 is 0 Å². The summed E-state index contributed by atoms with van der Waals surface area (Å²) in [6.07, 6.45) is 0.731. The van der Waals surface area contributed by atoms with E-state index in [2.05, 4.69) is 5.32 Å². The molecule has 2 rings (SSSR count). The highest BCUT2D eigenvalue weighted by atomic mass is 35.5. The number of thioether (sulfide) groups is 1. The normalized spacial score (nSPS) is 12.5. The molecule has 0 heterocycles. The van der Waals surface area contributed by atoms with Crippen LogP contribution in [0.1, 0.15) is 28.4 Å². The zero-order chi connectivity index (χ0) is 23.0. The maximum Gasteiger partial charge on any atom is 0.329 e. The topological polar surface area (TPSA) is 142 Å². The van der Waals surface area contributed by atoms with Crippen LogP contribution in [0.5, 0.6) is 0 Å². The van der Waals surface area contributed by atoms with Gasteiger partial charge < -0.3 is 15.8 Å². The number of carbonyl (C=O) groups excluding carboxylic acids is 3. The van der Waals surface area contributed by atoms with Gasteiger partial charge in [-0.1, -0.05) is 41.9 Å². The van der Waals surface area contributed by atoms with Gasteiger partial charge in [0.25, 0.3) is 17.5 Å². The molecule has 164 valence electrons. The molecule has 2 amide bonds. The Morgan fingerprint density at radius 1 is 1.23 bits per heavy atom. The number of nitro groups is 1. The van der Waals surface area contributed by atoms with Crippen molar-refractivity contribution in [1.29, 1.82) is 0 Å². The summed E-state index contributed by atoms with van der Waals surface area (Å²) in [4.78, 5) is 47.4. The number of nitrogens with two attached hydrogens (primary N) is 1. The Morgan fingerprint density at radius 3 is 2.45 bits per heavy atom. The zero-order valence-corrected chi connectivity index (χ0v) is 18.0. The largest absolute Gasteiger partial charge is 0.446 e. The van der Waals surface area contributed by atoms with E-state index in [-0.39, 0.29) is 22.7 Å². The standard InChI is InChI=1S/C20H20ClN3O6S/c1-31-10-9-16(20(27)30-17(18(22)25)12-5-3-2-4-6-12)23-19(26)14-8-7-13(24(28)29)11-15(14)21/h2-8,11,16-17H,9-10H2,1H3,(H2,22,25)(H,23,26). The Balaban J connectivity index is 2.20. The molecule has 0 spiro atoms. The molecule has 0 fully saturated rings. The number of benzene rings is 2. The number of non-ortho nitro benzene ring substituents is 1. The number of nitro benzene ring substituents is 1. The lowest BCUT2D eigenvalue weighted by atomic mass is 10.1.